The molecular weight excluding hydrogens is 456 g/mol. The highest BCUT2D eigenvalue weighted by Crippen LogP contribution is 2.20. The number of rotatable bonds is 7. The molecule has 0 saturated heterocycles. The van der Waals surface area contributed by atoms with E-state index in [1.165, 1.54) is 4.57 Å². The molecule has 0 radical (unpaired) electrons. The number of aliphatic hydroxyl groups is 1. The van der Waals surface area contributed by atoms with E-state index in [4.69, 9.17) is 21.4 Å². The van der Waals surface area contributed by atoms with Gasteiger partial charge in [0.15, 0.2) is 0 Å². The summed E-state index contributed by atoms with van der Waals surface area (Å²) in [4.78, 5) is 34.6. The third-order valence-electron chi connectivity index (χ3n) is 5.14. The number of aryl methyl sites for hydroxylation is 1. The molecule has 0 aliphatic heterocycles. The van der Waals surface area contributed by atoms with Crippen LogP contribution in [0.5, 0.6) is 5.75 Å². The third kappa shape index (κ3) is 5.89. The van der Waals surface area contributed by atoms with Gasteiger partial charge in [-0.05, 0) is 63.1 Å². The van der Waals surface area contributed by atoms with Crippen LogP contribution in [0.3, 0.4) is 0 Å². The van der Waals surface area contributed by atoms with Crippen molar-refractivity contribution in [3.8, 4) is 5.75 Å². The molecule has 0 atom stereocenters. The molecule has 1 aromatic carbocycles. The second kappa shape index (κ2) is 11.1. The molecule has 0 aliphatic carbocycles. The van der Waals surface area contributed by atoms with Crippen molar-refractivity contribution in [2.45, 2.75) is 33.7 Å². The standard InChI is InChI=1S/C25H27ClN4O4/c1-16-7-5-8-21(13-16)34-23(17(2)14-20-10-9-19(26)15-27-20)28-22-18(3)24(32)30(11-6-12-31)25(33)29(22)4/h5,7-10,13-15,31H,6,11-12H2,1-4H3/b17-14-,28-23?. The third-order valence-corrected chi connectivity index (χ3v) is 5.36. The Bertz CT molecular complexity index is 1320. The van der Waals surface area contributed by atoms with Gasteiger partial charge in [0.2, 0.25) is 5.90 Å². The Kier molecular flexibility index (Phi) is 8.20. The van der Waals surface area contributed by atoms with Gasteiger partial charge in [-0.2, -0.15) is 4.99 Å². The van der Waals surface area contributed by atoms with E-state index < -0.39 is 11.2 Å². The maximum atomic E-state index is 12.9. The zero-order valence-electron chi connectivity index (χ0n) is 19.6. The van der Waals surface area contributed by atoms with Crippen molar-refractivity contribution in [1.82, 2.24) is 14.1 Å². The molecule has 3 rings (SSSR count). The molecule has 0 saturated carbocycles. The van der Waals surface area contributed by atoms with Crippen molar-refractivity contribution in [1.29, 1.82) is 0 Å². The van der Waals surface area contributed by atoms with Crippen molar-refractivity contribution in [2.24, 2.45) is 12.0 Å². The number of nitrogens with zero attached hydrogens (tertiary/aromatic N) is 4. The largest absolute Gasteiger partial charge is 0.439 e. The average molecular weight is 483 g/mol. The Balaban J connectivity index is 2.16. The summed E-state index contributed by atoms with van der Waals surface area (Å²) in [6, 6.07) is 11.0. The lowest BCUT2D eigenvalue weighted by atomic mass is 10.2. The molecule has 0 amide bonds. The van der Waals surface area contributed by atoms with Gasteiger partial charge in [0.1, 0.15) is 11.6 Å². The molecule has 2 aromatic heterocycles. The van der Waals surface area contributed by atoms with Crippen molar-refractivity contribution < 1.29 is 9.84 Å². The van der Waals surface area contributed by atoms with Gasteiger partial charge in [-0.3, -0.25) is 18.9 Å². The van der Waals surface area contributed by atoms with E-state index in [0.717, 1.165) is 10.1 Å². The fourth-order valence-electron chi connectivity index (χ4n) is 3.33. The van der Waals surface area contributed by atoms with Gasteiger partial charge < -0.3 is 9.84 Å². The maximum absolute atomic E-state index is 12.9. The van der Waals surface area contributed by atoms with E-state index in [9.17, 15) is 9.59 Å². The summed E-state index contributed by atoms with van der Waals surface area (Å²) in [5.41, 5.74) is 1.61. The van der Waals surface area contributed by atoms with Crippen LogP contribution in [0.4, 0.5) is 5.82 Å². The molecular formula is C25H27ClN4O4. The molecule has 34 heavy (non-hydrogen) atoms. The SMILES string of the molecule is C/C(=C/c1ccc(Cl)cn1)C(=Nc1c(C)c(=O)n(CCCO)c(=O)n1C)Oc1cccc(C)c1. The van der Waals surface area contributed by atoms with Crippen molar-refractivity contribution in [3.05, 3.63) is 90.8 Å². The van der Waals surface area contributed by atoms with E-state index in [-0.39, 0.29) is 24.9 Å². The number of halogens is 1. The number of aliphatic hydroxyl groups excluding tert-OH is 1. The first-order valence-electron chi connectivity index (χ1n) is 10.8. The highest BCUT2D eigenvalue weighted by molar-refractivity contribution is 6.30. The molecule has 0 spiro atoms. The second-order valence-corrected chi connectivity index (χ2v) is 8.32. The number of hydrogen-bond donors (Lipinski definition) is 1. The molecule has 9 heteroatoms. The number of aromatic nitrogens is 3. The second-order valence-electron chi connectivity index (χ2n) is 7.89. The number of pyridine rings is 1. The zero-order chi connectivity index (χ0) is 24.8. The summed E-state index contributed by atoms with van der Waals surface area (Å²) >= 11 is 5.94. The lowest BCUT2D eigenvalue weighted by Gasteiger charge is -2.15. The predicted octanol–water partition coefficient (Wildman–Crippen LogP) is 3.81. The fraction of sp³-hybridized carbons (Fsp3) is 0.280. The average Bonchev–Trinajstić information content (AvgIpc) is 2.81. The molecule has 0 aliphatic rings. The minimum Gasteiger partial charge on any atom is -0.439 e. The molecule has 0 fully saturated rings. The summed E-state index contributed by atoms with van der Waals surface area (Å²) in [5, 5.41) is 9.62. The molecule has 0 unspecified atom stereocenters. The van der Waals surface area contributed by atoms with Gasteiger partial charge in [-0.25, -0.2) is 4.79 Å². The van der Waals surface area contributed by atoms with Gasteiger partial charge in [-0.1, -0.05) is 23.7 Å². The Labute approximate surface area is 202 Å². The van der Waals surface area contributed by atoms with Crippen LogP contribution < -0.4 is 16.0 Å². The van der Waals surface area contributed by atoms with Crippen LogP contribution in [0.15, 0.2) is 62.7 Å². The predicted molar refractivity (Wildman–Crippen MR) is 134 cm³/mol. The molecule has 8 nitrogen and oxygen atoms in total. The summed E-state index contributed by atoms with van der Waals surface area (Å²) in [6.45, 7) is 5.37. The first kappa shape index (κ1) is 25.1. The van der Waals surface area contributed by atoms with Gasteiger partial charge in [0, 0.05) is 32.0 Å². The number of hydrogen-bond acceptors (Lipinski definition) is 6. The maximum Gasteiger partial charge on any atom is 0.332 e. The van der Waals surface area contributed by atoms with E-state index in [1.54, 1.807) is 51.4 Å². The molecule has 3 aromatic rings. The van der Waals surface area contributed by atoms with Crippen molar-refractivity contribution >= 4 is 29.4 Å². The topological polar surface area (TPSA) is 98.7 Å². The van der Waals surface area contributed by atoms with E-state index in [1.807, 2.05) is 25.1 Å². The Morgan fingerprint density at radius 3 is 2.65 bits per heavy atom. The first-order valence-corrected chi connectivity index (χ1v) is 11.1. The van der Waals surface area contributed by atoms with Gasteiger partial charge in [-0.15, -0.1) is 0 Å². The highest BCUT2D eigenvalue weighted by atomic mass is 35.5. The zero-order valence-corrected chi connectivity index (χ0v) is 20.3. The molecule has 0 bridgehead atoms. The highest BCUT2D eigenvalue weighted by Gasteiger charge is 2.16. The Hall–Kier alpha value is -3.49. The number of benzene rings is 1. The summed E-state index contributed by atoms with van der Waals surface area (Å²) in [6.07, 6.45) is 3.62. The summed E-state index contributed by atoms with van der Waals surface area (Å²) in [5.74, 6) is 0.970. The Morgan fingerprint density at radius 2 is 2.00 bits per heavy atom. The Morgan fingerprint density at radius 1 is 1.24 bits per heavy atom. The monoisotopic (exact) mass is 482 g/mol. The minimum atomic E-state index is -0.515. The minimum absolute atomic E-state index is 0.119. The first-order chi connectivity index (χ1) is 16.2. The van der Waals surface area contributed by atoms with Gasteiger partial charge in [0.25, 0.3) is 5.56 Å². The van der Waals surface area contributed by atoms with Crippen LogP contribution in [-0.4, -0.2) is 31.7 Å². The van der Waals surface area contributed by atoms with Crippen LogP contribution in [0, 0.1) is 13.8 Å². The van der Waals surface area contributed by atoms with Crippen LogP contribution in [0.25, 0.3) is 6.08 Å². The van der Waals surface area contributed by atoms with Crippen molar-refractivity contribution in [3.63, 3.8) is 0 Å². The number of ether oxygens (including phenoxy) is 1. The van der Waals surface area contributed by atoms with Crippen LogP contribution in [0.1, 0.15) is 30.2 Å². The lowest BCUT2D eigenvalue weighted by molar-refractivity contribution is 0.277. The molecule has 1 N–H and O–H groups in total. The van der Waals surface area contributed by atoms with Crippen LogP contribution in [0.2, 0.25) is 5.02 Å². The van der Waals surface area contributed by atoms with Crippen LogP contribution >= 0.6 is 11.6 Å². The molecule has 178 valence electrons. The van der Waals surface area contributed by atoms with E-state index in [2.05, 4.69) is 9.98 Å². The fourth-order valence-corrected chi connectivity index (χ4v) is 3.44. The van der Waals surface area contributed by atoms with E-state index >= 15 is 0 Å². The summed E-state index contributed by atoms with van der Waals surface area (Å²) < 4.78 is 8.52. The normalized spacial score (nSPS) is 12.2. The van der Waals surface area contributed by atoms with Crippen LogP contribution in [-0.2, 0) is 13.6 Å². The number of aliphatic imine (C=N–C) groups is 1. The quantitative estimate of drug-likeness (QED) is 0.408. The summed E-state index contributed by atoms with van der Waals surface area (Å²) in [7, 11) is 1.55. The van der Waals surface area contributed by atoms with Crippen molar-refractivity contribution in [2.75, 3.05) is 6.61 Å². The van der Waals surface area contributed by atoms with Gasteiger partial charge in [0.05, 0.1) is 16.3 Å². The van der Waals surface area contributed by atoms with E-state index in [0.29, 0.717) is 34.0 Å². The van der Waals surface area contributed by atoms with Gasteiger partial charge >= 0.3 is 5.69 Å². The molecule has 2 heterocycles. The smallest absolute Gasteiger partial charge is 0.332 e. The lowest BCUT2D eigenvalue weighted by Crippen LogP contribution is -2.40.